The number of fused-ring (bicyclic) bond motifs is 1. The molecule has 2 aromatic heterocycles. The fourth-order valence-electron chi connectivity index (χ4n) is 3.04. The molecule has 0 aliphatic carbocycles. The number of pyridine rings is 1. The number of nitrogens with zero attached hydrogens (tertiary/aromatic N) is 4. The van der Waals surface area contributed by atoms with Gasteiger partial charge in [0.1, 0.15) is 12.1 Å². The summed E-state index contributed by atoms with van der Waals surface area (Å²) < 4.78 is 1.92. The molecule has 5 nitrogen and oxygen atoms in total. The highest BCUT2D eigenvalue weighted by Gasteiger charge is 2.17. The molecule has 0 fully saturated rings. The molecule has 0 aliphatic heterocycles. The maximum atomic E-state index is 10.2. The van der Waals surface area contributed by atoms with Gasteiger partial charge in [0.15, 0.2) is 0 Å². The van der Waals surface area contributed by atoms with Crippen molar-refractivity contribution in [1.82, 2.24) is 14.5 Å². The zero-order chi connectivity index (χ0) is 19.0. The monoisotopic (exact) mass is 354 g/mol. The van der Waals surface area contributed by atoms with Crippen molar-refractivity contribution in [2.45, 2.75) is 19.4 Å². The Morgan fingerprint density at radius 3 is 2.63 bits per heavy atom. The minimum absolute atomic E-state index is 0.604. The Morgan fingerprint density at radius 2 is 1.85 bits per heavy atom. The van der Waals surface area contributed by atoms with Crippen molar-refractivity contribution >= 4 is 11.0 Å². The molecule has 0 saturated carbocycles. The Balaban J connectivity index is 1.79. The van der Waals surface area contributed by atoms with Gasteiger partial charge in [0, 0.05) is 5.56 Å². The third kappa shape index (κ3) is 3.19. The van der Waals surface area contributed by atoms with Crippen LogP contribution < -0.4 is 0 Å². The highest BCUT2D eigenvalue weighted by Crippen LogP contribution is 2.26. The summed E-state index contributed by atoms with van der Waals surface area (Å²) in [4.78, 5) is 9.21. The molecule has 0 atom stereocenters. The Kier molecular flexibility index (Phi) is 3.98. The first-order valence-corrected chi connectivity index (χ1v) is 8.64. The van der Waals surface area contributed by atoms with E-state index in [2.05, 4.69) is 11.1 Å². The van der Waals surface area contributed by atoms with Gasteiger partial charge in [-0.3, -0.25) is 4.57 Å². The SMILES string of the molecule is CC(C)(O)c1ccc2c(c1)ncn2-c1cccc(-c2cccc(C#N)c2)n1. The highest BCUT2D eigenvalue weighted by molar-refractivity contribution is 5.78. The molecule has 0 bridgehead atoms. The van der Waals surface area contributed by atoms with Gasteiger partial charge in [0.05, 0.1) is 34.0 Å². The van der Waals surface area contributed by atoms with Crippen molar-refractivity contribution in [2.75, 3.05) is 0 Å². The number of hydrogen-bond acceptors (Lipinski definition) is 4. The Morgan fingerprint density at radius 1 is 1.04 bits per heavy atom. The van der Waals surface area contributed by atoms with E-state index >= 15 is 0 Å². The highest BCUT2D eigenvalue weighted by atomic mass is 16.3. The van der Waals surface area contributed by atoms with Crippen LogP contribution in [0.4, 0.5) is 0 Å². The van der Waals surface area contributed by atoms with Crippen LogP contribution in [0.1, 0.15) is 25.0 Å². The normalized spacial score (nSPS) is 11.5. The standard InChI is InChI=1S/C22H18N4O/c1-22(2,27)17-9-10-20-19(12-17)24-14-26(20)21-8-4-7-18(25-21)16-6-3-5-15(11-16)13-23/h3-12,14,27H,1-2H3. The first-order valence-electron chi connectivity index (χ1n) is 8.64. The quantitative estimate of drug-likeness (QED) is 0.599. The molecule has 1 N–H and O–H groups in total. The average molecular weight is 354 g/mol. The van der Waals surface area contributed by atoms with Crippen LogP contribution in [0.25, 0.3) is 28.1 Å². The Bertz CT molecular complexity index is 1180. The van der Waals surface area contributed by atoms with Crippen molar-refractivity contribution in [3.63, 3.8) is 0 Å². The van der Waals surface area contributed by atoms with Gasteiger partial charge in [-0.25, -0.2) is 9.97 Å². The summed E-state index contributed by atoms with van der Waals surface area (Å²) in [6.45, 7) is 3.51. The van der Waals surface area contributed by atoms with Crippen molar-refractivity contribution in [3.05, 3.63) is 78.1 Å². The maximum absolute atomic E-state index is 10.2. The van der Waals surface area contributed by atoms with Gasteiger partial charge >= 0.3 is 0 Å². The van der Waals surface area contributed by atoms with E-state index in [0.717, 1.165) is 33.7 Å². The van der Waals surface area contributed by atoms with Gasteiger partial charge < -0.3 is 5.11 Å². The van der Waals surface area contributed by atoms with Crippen LogP contribution in [0.15, 0.2) is 67.0 Å². The fraction of sp³-hybridized carbons (Fsp3) is 0.136. The summed E-state index contributed by atoms with van der Waals surface area (Å²) in [7, 11) is 0. The smallest absolute Gasteiger partial charge is 0.139 e. The van der Waals surface area contributed by atoms with Crippen LogP contribution in [0.5, 0.6) is 0 Å². The zero-order valence-electron chi connectivity index (χ0n) is 15.1. The molecule has 4 aromatic rings. The number of aromatic nitrogens is 3. The third-order valence-corrected chi connectivity index (χ3v) is 4.52. The van der Waals surface area contributed by atoms with Crippen molar-refractivity contribution in [1.29, 1.82) is 5.26 Å². The lowest BCUT2D eigenvalue weighted by molar-refractivity contribution is 0.0787. The van der Waals surface area contributed by atoms with Gasteiger partial charge in [0.2, 0.25) is 0 Å². The fourth-order valence-corrected chi connectivity index (χ4v) is 3.04. The van der Waals surface area contributed by atoms with E-state index in [-0.39, 0.29) is 0 Å². The Labute approximate surface area is 157 Å². The number of hydrogen-bond donors (Lipinski definition) is 1. The third-order valence-electron chi connectivity index (χ3n) is 4.52. The molecule has 0 amide bonds. The lowest BCUT2D eigenvalue weighted by Crippen LogP contribution is -2.15. The molecule has 0 spiro atoms. The van der Waals surface area contributed by atoms with Gasteiger partial charge in [-0.05, 0) is 55.8 Å². The van der Waals surface area contributed by atoms with E-state index in [0.29, 0.717) is 5.56 Å². The van der Waals surface area contributed by atoms with Crippen molar-refractivity contribution in [2.24, 2.45) is 0 Å². The first-order chi connectivity index (χ1) is 13.0. The van der Waals surface area contributed by atoms with E-state index < -0.39 is 5.60 Å². The molecule has 0 aliphatic rings. The summed E-state index contributed by atoms with van der Waals surface area (Å²) >= 11 is 0. The molecule has 132 valence electrons. The molecule has 2 heterocycles. The molecule has 27 heavy (non-hydrogen) atoms. The summed E-state index contributed by atoms with van der Waals surface area (Å²) in [5.41, 5.74) is 3.90. The predicted molar refractivity (Wildman–Crippen MR) is 104 cm³/mol. The van der Waals surface area contributed by atoms with E-state index in [9.17, 15) is 5.11 Å². The molecular formula is C22H18N4O. The molecular weight excluding hydrogens is 336 g/mol. The molecule has 5 heteroatoms. The molecule has 0 radical (unpaired) electrons. The average Bonchev–Trinajstić information content (AvgIpc) is 3.11. The number of nitriles is 1. The number of aliphatic hydroxyl groups is 1. The van der Waals surface area contributed by atoms with Crippen LogP contribution in [0.2, 0.25) is 0 Å². The van der Waals surface area contributed by atoms with E-state index in [4.69, 9.17) is 10.2 Å². The lowest BCUT2D eigenvalue weighted by Gasteiger charge is -2.17. The van der Waals surface area contributed by atoms with E-state index in [1.807, 2.05) is 59.2 Å². The van der Waals surface area contributed by atoms with Crippen LogP contribution in [0.3, 0.4) is 0 Å². The number of imidazole rings is 1. The van der Waals surface area contributed by atoms with Crippen LogP contribution >= 0.6 is 0 Å². The van der Waals surface area contributed by atoms with Gasteiger partial charge in [-0.2, -0.15) is 5.26 Å². The van der Waals surface area contributed by atoms with Crippen LogP contribution in [0, 0.1) is 11.3 Å². The molecule has 4 rings (SSSR count). The molecule has 0 unspecified atom stereocenters. The van der Waals surface area contributed by atoms with Gasteiger partial charge in [-0.15, -0.1) is 0 Å². The van der Waals surface area contributed by atoms with Crippen molar-refractivity contribution in [3.8, 4) is 23.1 Å². The Hall–Kier alpha value is -3.49. The second kappa shape index (κ2) is 6.35. The predicted octanol–water partition coefficient (Wildman–Crippen LogP) is 4.19. The van der Waals surface area contributed by atoms with Gasteiger partial charge in [0.25, 0.3) is 0 Å². The summed E-state index contributed by atoms with van der Waals surface area (Å²) in [5, 5.41) is 19.3. The molecule has 0 saturated heterocycles. The van der Waals surface area contributed by atoms with E-state index in [1.54, 1.807) is 26.2 Å². The summed E-state index contributed by atoms with van der Waals surface area (Å²) in [5.74, 6) is 0.744. The lowest BCUT2D eigenvalue weighted by atomic mass is 9.98. The number of rotatable bonds is 3. The topological polar surface area (TPSA) is 74.7 Å². The molecule has 2 aromatic carbocycles. The second-order valence-electron chi connectivity index (χ2n) is 6.95. The first kappa shape index (κ1) is 17.0. The minimum atomic E-state index is -0.915. The van der Waals surface area contributed by atoms with E-state index in [1.165, 1.54) is 0 Å². The zero-order valence-corrected chi connectivity index (χ0v) is 15.1. The largest absolute Gasteiger partial charge is 0.386 e. The summed E-state index contributed by atoms with van der Waals surface area (Å²) in [6.07, 6.45) is 1.73. The van der Waals surface area contributed by atoms with Gasteiger partial charge in [-0.1, -0.05) is 24.3 Å². The summed E-state index contributed by atoms with van der Waals surface area (Å²) in [6, 6.07) is 21.1. The van der Waals surface area contributed by atoms with Crippen molar-refractivity contribution < 1.29 is 5.11 Å². The van der Waals surface area contributed by atoms with Crippen LogP contribution in [-0.4, -0.2) is 19.6 Å². The maximum Gasteiger partial charge on any atom is 0.139 e. The minimum Gasteiger partial charge on any atom is -0.386 e. The second-order valence-corrected chi connectivity index (χ2v) is 6.95. The van der Waals surface area contributed by atoms with Crippen LogP contribution in [-0.2, 0) is 5.60 Å². The number of benzene rings is 2.